The first-order valence-corrected chi connectivity index (χ1v) is 8.34. The van der Waals surface area contributed by atoms with Gasteiger partial charge in [-0.1, -0.05) is 0 Å². The van der Waals surface area contributed by atoms with Crippen LogP contribution in [-0.2, 0) is 7.05 Å². The van der Waals surface area contributed by atoms with Gasteiger partial charge in [0.05, 0.1) is 0 Å². The monoisotopic (exact) mass is 362 g/mol. The van der Waals surface area contributed by atoms with Gasteiger partial charge in [0, 0.05) is 0 Å². The van der Waals surface area contributed by atoms with Gasteiger partial charge in [-0.2, -0.15) is 0 Å². The van der Waals surface area contributed by atoms with Gasteiger partial charge in [0.15, 0.2) is 0 Å². The molecule has 133 valence electrons. The molecule has 1 unspecified atom stereocenters. The number of pyridine rings is 1. The van der Waals surface area contributed by atoms with Crippen LogP contribution in [0.2, 0.25) is 0 Å². The van der Waals surface area contributed by atoms with E-state index in [4.69, 9.17) is 7.49 Å². The third-order valence-corrected chi connectivity index (χ3v) is 4.62. The Kier molecular flexibility index (Phi) is 4.32. The number of aliphatic hydroxyl groups is 1. The summed E-state index contributed by atoms with van der Waals surface area (Å²) >= 11 is 0. The molecule has 4 nitrogen and oxygen atoms in total. The number of benzene rings is 1. The first-order chi connectivity index (χ1) is 12.9. The number of halogens is 2. The molecule has 3 aromatic rings. The normalized spacial score (nSPS) is 14.0. The average molecular weight is 362 g/mol. The Morgan fingerprint density at radius 2 is 1.89 bits per heavy atom. The maximum atomic E-state index is 12.9. The number of hydrogen-bond acceptors (Lipinski definition) is 3. The van der Waals surface area contributed by atoms with Gasteiger partial charge in [0.2, 0.25) is 0 Å². The predicted molar refractivity (Wildman–Crippen MR) is 102 cm³/mol. The summed E-state index contributed by atoms with van der Waals surface area (Å²) in [4.78, 5) is 4.49. The van der Waals surface area contributed by atoms with Crippen molar-refractivity contribution in [2.75, 3.05) is 0 Å². The molecule has 0 fully saturated rings. The topological polar surface area (TPSA) is 50.9 Å². The van der Waals surface area contributed by atoms with Gasteiger partial charge in [0.25, 0.3) is 0 Å². The number of hydrogen-bond donors (Lipinski definition) is 1. The van der Waals surface area contributed by atoms with Crippen molar-refractivity contribution in [2.45, 2.75) is 12.5 Å². The zero-order valence-electron chi connectivity index (χ0n) is 14.5. The Morgan fingerprint density at radius 1 is 1.07 bits per heavy atom. The molecule has 2 aromatic heterocycles. The molecule has 0 aliphatic heterocycles. The SMILES string of the molecule is [B]=C1c2cc(C(O)C(F)F)ccc2C=Cc2ncc(-c3cnn(C)c3)cc21. The molecule has 1 aliphatic rings. The quantitative estimate of drug-likeness (QED) is 0.570. The first kappa shape index (κ1) is 17.5. The van der Waals surface area contributed by atoms with Crippen LogP contribution in [0, 0.1) is 0 Å². The third kappa shape index (κ3) is 3.15. The average Bonchev–Trinajstić information content (AvgIpc) is 3.05. The van der Waals surface area contributed by atoms with Crippen LogP contribution in [0.25, 0.3) is 23.3 Å². The van der Waals surface area contributed by atoms with Crippen LogP contribution in [-0.4, -0.2) is 39.2 Å². The summed E-state index contributed by atoms with van der Waals surface area (Å²) in [7, 11) is 8.23. The molecule has 0 saturated carbocycles. The summed E-state index contributed by atoms with van der Waals surface area (Å²) in [6, 6.07) is 6.58. The second kappa shape index (κ2) is 6.66. The molecule has 4 rings (SSSR count). The van der Waals surface area contributed by atoms with Crippen LogP contribution >= 0.6 is 0 Å². The van der Waals surface area contributed by atoms with E-state index in [-0.39, 0.29) is 5.56 Å². The van der Waals surface area contributed by atoms with Gasteiger partial charge in [-0.25, -0.2) is 0 Å². The van der Waals surface area contributed by atoms with Crippen molar-refractivity contribution in [3.63, 3.8) is 0 Å². The van der Waals surface area contributed by atoms with Crippen molar-refractivity contribution >= 4 is 25.1 Å². The Bertz CT molecular complexity index is 1070. The number of aryl methyl sites for hydroxylation is 1. The summed E-state index contributed by atoms with van der Waals surface area (Å²) in [6.45, 7) is 0. The van der Waals surface area contributed by atoms with E-state index in [1.54, 1.807) is 23.1 Å². The van der Waals surface area contributed by atoms with Gasteiger partial charge < -0.3 is 0 Å². The van der Waals surface area contributed by atoms with Crippen molar-refractivity contribution < 1.29 is 13.9 Å². The number of fused-ring (bicyclic) bond motifs is 2. The van der Waals surface area contributed by atoms with Crippen LogP contribution in [0.5, 0.6) is 0 Å². The Morgan fingerprint density at radius 3 is 2.59 bits per heavy atom. The van der Waals surface area contributed by atoms with Crippen LogP contribution in [0.4, 0.5) is 8.78 Å². The summed E-state index contributed by atoms with van der Waals surface area (Å²) in [6.07, 6.45) is 4.31. The van der Waals surface area contributed by atoms with E-state index in [0.717, 1.165) is 16.7 Å². The van der Waals surface area contributed by atoms with E-state index >= 15 is 0 Å². The molecular weight excluding hydrogens is 347 g/mol. The molecule has 1 aliphatic carbocycles. The molecule has 7 heteroatoms. The van der Waals surface area contributed by atoms with E-state index < -0.39 is 12.5 Å². The molecule has 1 atom stereocenters. The zero-order chi connectivity index (χ0) is 19.1. The van der Waals surface area contributed by atoms with Crippen LogP contribution < -0.4 is 0 Å². The van der Waals surface area contributed by atoms with Gasteiger partial charge in [0.1, 0.15) is 0 Å². The minimum absolute atomic E-state index is 0.125. The van der Waals surface area contributed by atoms with Crippen molar-refractivity contribution in [1.29, 1.82) is 0 Å². The van der Waals surface area contributed by atoms with Crippen molar-refractivity contribution in [3.05, 3.63) is 70.8 Å². The summed E-state index contributed by atoms with van der Waals surface area (Å²) in [5.41, 5.74) is 5.06. The van der Waals surface area contributed by atoms with Crippen LogP contribution in [0.3, 0.4) is 0 Å². The Balaban J connectivity index is 1.81. The fourth-order valence-corrected chi connectivity index (χ4v) is 3.15. The predicted octanol–water partition coefficient (Wildman–Crippen LogP) is 3.00. The third-order valence-electron chi connectivity index (χ3n) is 4.62. The number of aliphatic hydroxyl groups excluding tert-OH is 1. The summed E-state index contributed by atoms with van der Waals surface area (Å²) in [5, 5.41) is 13.9. The van der Waals surface area contributed by atoms with E-state index in [0.29, 0.717) is 22.3 Å². The first-order valence-electron chi connectivity index (χ1n) is 8.34. The molecule has 0 bridgehead atoms. The molecule has 2 heterocycles. The molecule has 1 aromatic carbocycles. The summed E-state index contributed by atoms with van der Waals surface area (Å²) < 4.78 is 27.5. The van der Waals surface area contributed by atoms with Crippen molar-refractivity contribution in [3.8, 4) is 11.1 Å². The zero-order valence-corrected chi connectivity index (χ0v) is 14.5. The molecule has 1 N–H and O–H groups in total. The number of rotatable bonds is 3. The standard InChI is InChI=1S/C20H15BF2N3O/c1-26-10-14(9-25-26)13-7-16-17(24-8-13)5-4-11-2-3-12(19(27)20(22)23)6-15(11)18(16)21/h2-10,19-20,27H,1H3. The Labute approximate surface area is 155 Å². The second-order valence-electron chi connectivity index (χ2n) is 6.43. The van der Waals surface area contributed by atoms with Gasteiger partial charge in [-0.05, 0) is 0 Å². The molecular formula is C20H15BF2N3O. The van der Waals surface area contributed by atoms with E-state index in [2.05, 4.69) is 10.1 Å². The van der Waals surface area contributed by atoms with Crippen LogP contribution in [0.1, 0.15) is 34.1 Å². The van der Waals surface area contributed by atoms with Crippen molar-refractivity contribution in [2.24, 2.45) is 7.05 Å². The number of aromatic nitrogens is 3. The van der Waals surface area contributed by atoms with Crippen molar-refractivity contribution in [1.82, 2.24) is 14.8 Å². The van der Waals surface area contributed by atoms with E-state index in [1.807, 2.05) is 31.5 Å². The second-order valence-corrected chi connectivity index (χ2v) is 6.43. The van der Waals surface area contributed by atoms with Gasteiger partial charge >= 0.3 is 155 Å². The molecule has 0 saturated heterocycles. The number of nitrogens with zero attached hydrogens (tertiary/aromatic N) is 3. The molecule has 1 radical (unpaired) electrons. The maximum absolute atomic E-state index is 12.9. The van der Waals surface area contributed by atoms with Gasteiger partial charge in [-0.3, -0.25) is 0 Å². The molecule has 27 heavy (non-hydrogen) atoms. The Hall–Kier alpha value is -2.93. The van der Waals surface area contributed by atoms with E-state index in [1.165, 1.54) is 12.1 Å². The molecule has 0 spiro atoms. The molecule has 0 amide bonds. The van der Waals surface area contributed by atoms with Crippen LogP contribution in [0.15, 0.2) is 42.9 Å². The summed E-state index contributed by atoms with van der Waals surface area (Å²) in [5.74, 6) is 0. The fourth-order valence-electron chi connectivity index (χ4n) is 3.15. The fraction of sp³-hybridized carbons (Fsp3) is 0.150. The minimum atomic E-state index is -2.86. The number of alkyl halides is 2. The van der Waals surface area contributed by atoms with E-state index in [9.17, 15) is 13.9 Å². The van der Waals surface area contributed by atoms with Gasteiger partial charge in [-0.15, -0.1) is 0 Å².